The quantitative estimate of drug-likeness (QED) is 0.737. The van der Waals surface area contributed by atoms with Gasteiger partial charge in [-0.25, -0.2) is 13.6 Å². The zero-order valence-electron chi connectivity index (χ0n) is 12.9. The SMILES string of the molecule is [NH3+]C(=O)C(c1ccccc1)(c1ccc(F)cc1)c1ccc(F)cc1. The van der Waals surface area contributed by atoms with Crippen LogP contribution in [0.1, 0.15) is 16.7 Å². The highest BCUT2D eigenvalue weighted by molar-refractivity contribution is 5.89. The summed E-state index contributed by atoms with van der Waals surface area (Å²) in [6.45, 7) is 0. The van der Waals surface area contributed by atoms with Gasteiger partial charge in [0.1, 0.15) is 11.6 Å². The first kappa shape index (κ1) is 16.0. The Bertz CT molecular complexity index is 798. The molecular formula is C20H16F2NO+. The van der Waals surface area contributed by atoms with Crippen molar-refractivity contribution >= 4 is 5.91 Å². The Hall–Kier alpha value is -2.85. The molecule has 1 amide bonds. The van der Waals surface area contributed by atoms with Crippen LogP contribution in [0.4, 0.5) is 8.78 Å². The van der Waals surface area contributed by atoms with Crippen molar-refractivity contribution in [1.82, 2.24) is 0 Å². The smallest absolute Gasteiger partial charge is 0.293 e. The fraction of sp³-hybridized carbons (Fsp3) is 0.0500. The van der Waals surface area contributed by atoms with Crippen LogP contribution in [0.5, 0.6) is 0 Å². The molecule has 0 radical (unpaired) electrons. The average Bonchev–Trinajstić information content (AvgIpc) is 2.59. The van der Waals surface area contributed by atoms with E-state index in [1.807, 2.05) is 30.3 Å². The molecule has 0 aliphatic carbocycles. The zero-order chi connectivity index (χ0) is 17.2. The van der Waals surface area contributed by atoms with Gasteiger partial charge in [-0.1, -0.05) is 54.6 Å². The van der Waals surface area contributed by atoms with Crippen molar-refractivity contribution in [3.8, 4) is 0 Å². The highest BCUT2D eigenvalue weighted by Gasteiger charge is 2.45. The minimum absolute atomic E-state index is 0.369. The van der Waals surface area contributed by atoms with Crippen molar-refractivity contribution in [2.24, 2.45) is 0 Å². The van der Waals surface area contributed by atoms with Crippen LogP contribution in [0.2, 0.25) is 0 Å². The maximum atomic E-state index is 13.4. The molecule has 3 aromatic rings. The van der Waals surface area contributed by atoms with Gasteiger partial charge in [0.2, 0.25) is 0 Å². The summed E-state index contributed by atoms with van der Waals surface area (Å²) in [7, 11) is 0. The molecule has 0 unspecified atom stereocenters. The molecule has 0 spiro atoms. The number of carbonyl (C=O) groups is 1. The third-order valence-corrected chi connectivity index (χ3v) is 4.18. The third-order valence-electron chi connectivity index (χ3n) is 4.18. The van der Waals surface area contributed by atoms with Crippen LogP contribution in [-0.4, -0.2) is 5.91 Å². The maximum Gasteiger partial charge on any atom is 0.328 e. The average molecular weight is 324 g/mol. The van der Waals surface area contributed by atoms with Crippen LogP contribution in [0.3, 0.4) is 0 Å². The number of halogens is 2. The molecule has 4 heteroatoms. The number of quaternary nitrogens is 1. The molecule has 0 saturated carbocycles. The van der Waals surface area contributed by atoms with Crippen LogP contribution in [0.25, 0.3) is 0 Å². The van der Waals surface area contributed by atoms with Crippen molar-refractivity contribution in [3.63, 3.8) is 0 Å². The van der Waals surface area contributed by atoms with E-state index < -0.39 is 17.0 Å². The monoisotopic (exact) mass is 324 g/mol. The number of hydrogen-bond donors (Lipinski definition) is 1. The highest BCUT2D eigenvalue weighted by atomic mass is 19.1. The van der Waals surface area contributed by atoms with E-state index in [1.54, 1.807) is 24.3 Å². The predicted octanol–water partition coefficient (Wildman–Crippen LogP) is 3.07. The molecule has 2 nitrogen and oxygen atoms in total. The third kappa shape index (κ3) is 2.61. The van der Waals surface area contributed by atoms with Gasteiger partial charge in [0, 0.05) is 0 Å². The number of benzene rings is 3. The van der Waals surface area contributed by atoms with Gasteiger partial charge < -0.3 is 0 Å². The summed E-state index contributed by atoms with van der Waals surface area (Å²) >= 11 is 0. The second kappa shape index (κ2) is 6.34. The summed E-state index contributed by atoms with van der Waals surface area (Å²) in [4.78, 5) is 12.7. The van der Waals surface area contributed by atoms with E-state index in [2.05, 4.69) is 5.73 Å². The normalized spacial score (nSPS) is 11.3. The Morgan fingerprint density at radius 3 is 1.42 bits per heavy atom. The number of rotatable bonds is 4. The lowest BCUT2D eigenvalue weighted by Crippen LogP contribution is -2.67. The Morgan fingerprint density at radius 2 is 1.04 bits per heavy atom. The molecule has 0 heterocycles. The molecule has 24 heavy (non-hydrogen) atoms. The van der Waals surface area contributed by atoms with Gasteiger partial charge in [0.15, 0.2) is 5.41 Å². The van der Waals surface area contributed by atoms with Crippen LogP contribution in [0.15, 0.2) is 78.9 Å². The molecule has 0 aromatic heterocycles. The van der Waals surface area contributed by atoms with Crippen molar-refractivity contribution in [2.75, 3.05) is 0 Å². The molecule has 120 valence electrons. The van der Waals surface area contributed by atoms with Crippen LogP contribution in [-0.2, 0) is 10.2 Å². The van der Waals surface area contributed by atoms with Gasteiger partial charge in [0.05, 0.1) is 0 Å². The van der Waals surface area contributed by atoms with Crippen molar-refractivity contribution in [3.05, 3.63) is 107 Å². The topological polar surface area (TPSA) is 44.7 Å². The summed E-state index contributed by atoms with van der Waals surface area (Å²) < 4.78 is 26.8. The molecule has 3 rings (SSSR count). The largest absolute Gasteiger partial charge is 0.328 e. The lowest BCUT2D eigenvalue weighted by molar-refractivity contribution is -0.310. The number of hydrogen-bond acceptors (Lipinski definition) is 1. The van der Waals surface area contributed by atoms with E-state index in [0.29, 0.717) is 16.7 Å². The Morgan fingerprint density at radius 1 is 0.667 bits per heavy atom. The van der Waals surface area contributed by atoms with Gasteiger partial charge in [-0.2, -0.15) is 0 Å². The first-order valence-electron chi connectivity index (χ1n) is 7.49. The first-order chi connectivity index (χ1) is 11.5. The number of amides is 1. The molecular weight excluding hydrogens is 308 g/mol. The minimum atomic E-state index is -1.22. The van der Waals surface area contributed by atoms with Gasteiger partial charge in [-0.05, 0) is 41.0 Å². The molecule has 3 aromatic carbocycles. The molecule has 3 N–H and O–H groups in total. The van der Waals surface area contributed by atoms with Crippen molar-refractivity contribution < 1.29 is 19.3 Å². The predicted molar refractivity (Wildman–Crippen MR) is 87.0 cm³/mol. The first-order valence-corrected chi connectivity index (χ1v) is 7.49. The summed E-state index contributed by atoms with van der Waals surface area (Å²) in [6.07, 6.45) is 0. The van der Waals surface area contributed by atoms with E-state index >= 15 is 0 Å². The molecule has 0 aliphatic rings. The van der Waals surface area contributed by atoms with E-state index in [-0.39, 0.29) is 5.91 Å². The van der Waals surface area contributed by atoms with Gasteiger partial charge in [-0.15, -0.1) is 0 Å². The lowest BCUT2D eigenvalue weighted by Gasteiger charge is -2.30. The molecule has 0 fully saturated rings. The second-order valence-electron chi connectivity index (χ2n) is 5.55. The summed E-state index contributed by atoms with van der Waals surface area (Å²) in [5.41, 5.74) is 4.31. The molecule has 0 aliphatic heterocycles. The maximum absolute atomic E-state index is 13.4. The molecule has 0 saturated heterocycles. The van der Waals surface area contributed by atoms with E-state index in [9.17, 15) is 13.6 Å². The summed E-state index contributed by atoms with van der Waals surface area (Å²) in [5.74, 6) is -1.15. The van der Waals surface area contributed by atoms with Gasteiger partial charge in [-0.3, -0.25) is 5.73 Å². The van der Waals surface area contributed by atoms with Crippen LogP contribution < -0.4 is 5.73 Å². The second-order valence-corrected chi connectivity index (χ2v) is 5.55. The lowest BCUT2D eigenvalue weighted by atomic mass is 9.69. The van der Waals surface area contributed by atoms with Gasteiger partial charge >= 0.3 is 5.91 Å². The fourth-order valence-electron chi connectivity index (χ4n) is 3.07. The molecule has 0 atom stereocenters. The van der Waals surface area contributed by atoms with Crippen LogP contribution >= 0.6 is 0 Å². The van der Waals surface area contributed by atoms with Crippen LogP contribution in [0, 0.1) is 11.6 Å². The minimum Gasteiger partial charge on any atom is -0.293 e. The summed E-state index contributed by atoms with van der Waals surface area (Å²) in [5, 5.41) is 0. The van der Waals surface area contributed by atoms with Crippen molar-refractivity contribution in [2.45, 2.75) is 5.41 Å². The number of carbonyl (C=O) groups excluding carboxylic acids is 1. The zero-order valence-corrected chi connectivity index (χ0v) is 12.9. The van der Waals surface area contributed by atoms with Gasteiger partial charge in [0.25, 0.3) is 0 Å². The highest BCUT2D eigenvalue weighted by Crippen LogP contribution is 2.38. The summed E-state index contributed by atoms with van der Waals surface area (Å²) in [6, 6.07) is 20.6. The molecule has 0 bridgehead atoms. The fourth-order valence-corrected chi connectivity index (χ4v) is 3.07. The van der Waals surface area contributed by atoms with E-state index in [1.165, 1.54) is 24.3 Å². The Kier molecular flexibility index (Phi) is 4.23. The Balaban J connectivity index is 2.35. The van der Waals surface area contributed by atoms with Crippen molar-refractivity contribution in [1.29, 1.82) is 0 Å². The Labute approximate surface area is 138 Å². The van der Waals surface area contributed by atoms with E-state index in [0.717, 1.165) is 0 Å². The standard InChI is InChI=1S/C20H15F2NO/c21-17-10-6-15(7-11-17)20(19(23)24,14-4-2-1-3-5-14)16-8-12-18(22)13-9-16/h1-13H,(H2,23,24)/p+1. The van der Waals surface area contributed by atoms with E-state index in [4.69, 9.17) is 0 Å².